The first-order valence-electron chi connectivity index (χ1n) is 4.36. The maximum absolute atomic E-state index is 5.64. The molecule has 0 aliphatic carbocycles. The molecule has 0 atom stereocenters. The third-order valence-electron chi connectivity index (χ3n) is 1.66. The van der Waals surface area contributed by atoms with Gasteiger partial charge in [-0.25, -0.2) is 4.98 Å². The number of ether oxygens (including phenoxy) is 1. The first-order chi connectivity index (χ1) is 6.59. The van der Waals surface area contributed by atoms with Gasteiger partial charge in [-0.15, -0.1) is 6.58 Å². The quantitative estimate of drug-likeness (QED) is 0.569. The Kier molecular flexibility index (Phi) is 3.89. The third-order valence-corrected chi connectivity index (χ3v) is 1.85. The van der Waals surface area contributed by atoms with Crippen LogP contribution in [-0.2, 0) is 0 Å². The molecule has 0 aliphatic rings. The molecule has 0 saturated carbocycles. The van der Waals surface area contributed by atoms with Crippen molar-refractivity contribution >= 4 is 11.6 Å². The molecule has 0 amide bonds. The van der Waals surface area contributed by atoms with E-state index in [1.165, 1.54) is 0 Å². The number of halogens is 1. The van der Waals surface area contributed by atoms with Crippen LogP contribution >= 0.6 is 11.6 Å². The maximum Gasteiger partial charge on any atom is 0.225 e. The molecule has 0 saturated heterocycles. The summed E-state index contributed by atoms with van der Waals surface area (Å²) < 4.78 is 5.43. The van der Waals surface area contributed by atoms with E-state index in [0.29, 0.717) is 12.5 Å². The fourth-order valence-corrected chi connectivity index (χ4v) is 1.000. The summed E-state index contributed by atoms with van der Waals surface area (Å²) in [5.41, 5.74) is 1.97. The van der Waals surface area contributed by atoms with Gasteiger partial charge in [-0.05, 0) is 25.4 Å². The van der Waals surface area contributed by atoms with Crippen molar-refractivity contribution in [2.24, 2.45) is 0 Å². The van der Waals surface area contributed by atoms with Gasteiger partial charge >= 0.3 is 0 Å². The second kappa shape index (κ2) is 4.96. The summed E-state index contributed by atoms with van der Waals surface area (Å²) in [5.74, 6) is 0.547. The molecular weight excluding hydrogens is 200 g/mol. The molecule has 1 aromatic heterocycles. The third kappa shape index (κ3) is 3.34. The number of nitrogens with zero attached hydrogens (tertiary/aromatic N) is 2. The maximum atomic E-state index is 5.64. The normalized spacial score (nSPS) is 9.93. The Labute approximate surface area is 88.8 Å². The van der Waals surface area contributed by atoms with E-state index in [2.05, 4.69) is 16.5 Å². The van der Waals surface area contributed by atoms with Crippen LogP contribution < -0.4 is 4.74 Å². The summed E-state index contributed by atoms with van der Waals surface area (Å²) in [6, 6.07) is 0. The topological polar surface area (TPSA) is 35.0 Å². The SMILES string of the molecule is C=C(C)CCOc1nc(Cl)ncc1C. The standard InChI is InChI=1S/C10H13ClN2O/c1-7(2)4-5-14-9-8(3)6-12-10(11)13-9/h6H,1,4-5H2,2-3H3. The minimum Gasteiger partial charge on any atom is -0.477 e. The van der Waals surface area contributed by atoms with Crippen LogP contribution in [0, 0.1) is 6.92 Å². The van der Waals surface area contributed by atoms with E-state index in [4.69, 9.17) is 16.3 Å². The molecule has 0 fully saturated rings. The van der Waals surface area contributed by atoms with E-state index in [9.17, 15) is 0 Å². The molecule has 1 heterocycles. The summed E-state index contributed by atoms with van der Waals surface area (Å²) in [4.78, 5) is 7.81. The Morgan fingerprint density at radius 3 is 3.00 bits per heavy atom. The van der Waals surface area contributed by atoms with Crippen LogP contribution in [0.15, 0.2) is 18.3 Å². The van der Waals surface area contributed by atoms with Crippen LogP contribution in [0.5, 0.6) is 5.88 Å². The fourth-order valence-electron chi connectivity index (χ4n) is 0.874. The van der Waals surface area contributed by atoms with Crippen LogP contribution in [0.3, 0.4) is 0 Å². The molecule has 14 heavy (non-hydrogen) atoms. The van der Waals surface area contributed by atoms with E-state index in [1.807, 2.05) is 13.8 Å². The van der Waals surface area contributed by atoms with Gasteiger partial charge in [0.25, 0.3) is 0 Å². The summed E-state index contributed by atoms with van der Waals surface area (Å²) in [7, 11) is 0. The molecular formula is C10H13ClN2O. The van der Waals surface area contributed by atoms with Crippen LogP contribution in [0.2, 0.25) is 5.28 Å². The highest BCUT2D eigenvalue weighted by Crippen LogP contribution is 2.15. The highest BCUT2D eigenvalue weighted by atomic mass is 35.5. The minimum atomic E-state index is 0.209. The number of hydrogen-bond acceptors (Lipinski definition) is 3. The van der Waals surface area contributed by atoms with Gasteiger partial charge in [0.1, 0.15) is 0 Å². The van der Waals surface area contributed by atoms with Gasteiger partial charge < -0.3 is 4.74 Å². The Morgan fingerprint density at radius 2 is 2.36 bits per heavy atom. The second-order valence-electron chi connectivity index (χ2n) is 3.18. The van der Waals surface area contributed by atoms with Gasteiger partial charge in [0.05, 0.1) is 6.61 Å². The zero-order valence-electron chi connectivity index (χ0n) is 8.38. The van der Waals surface area contributed by atoms with Gasteiger partial charge in [0, 0.05) is 18.2 Å². The van der Waals surface area contributed by atoms with Gasteiger partial charge in [0.15, 0.2) is 0 Å². The zero-order chi connectivity index (χ0) is 10.6. The van der Waals surface area contributed by atoms with Crippen molar-refractivity contribution in [2.45, 2.75) is 20.3 Å². The van der Waals surface area contributed by atoms with Crippen molar-refractivity contribution in [3.05, 3.63) is 29.2 Å². The first kappa shape index (κ1) is 11.0. The second-order valence-corrected chi connectivity index (χ2v) is 3.52. The average Bonchev–Trinajstić information content (AvgIpc) is 2.10. The lowest BCUT2D eigenvalue weighted by atomic mass is 10.3. The molecule has 1 rings (SSSR count). The van der Waals surface area contributed by atoms with Gasteiger partial charge in [0.2, 0.25) is 11.2 Å². The van der Waals surface area contributed by atoms with Crippen molar-refractivity contribution in [2.75, 3.05) is 6.61 Å². The molecule has 76 valence electrons. The van der Waals surface area contributed by atoms with E-state index in [-0.39, 0.29) is 5.28 Å². The predicted molar refractivity (Wildman–Crippen MR) is 56.7 cm³/mol. The van der Waals surface area contributed by atoms with E-state index >= 15 is 0 Å². The van der Waals surface area contributed by atoms with Crippen molar-refractivity contribution in [3.8, 4) is 5.88 Å². The van der Waals surface area contributed by atoms with Crippen LogP contribution in [0.1, 0.15) is 18.9 Å². The molecule has 3 nitrogen and oxygen atoms in total. The Hall–Kier alpha value is -1.09. The van der Waals surface area contributed by atoms with Crippen molar-refractivity contribution in [1.82, 2.24) is 9.97 Å². The fraction of sp³-hybridized carbons (Fsp3) is 0.400. The Morgan fingerprint density at radius 1 is 1.64 bits per heavy atom. The minimum absolute atomic E-state index is 0.209. The number of aryl methyl sites for hydroxylation is 1. The van der Waals surface area contributed by atoms with Gasteiger partial charge in [-0.3, -0.25) is 0 Å². The zero-order valence-corrected chi connectivity index (χ0v) is 9.14. The van der Waals surface area contributed by atoms with Crippen molar-refractivity contribution < 1.29 is 4.74 Å². The monoisotopic (exact) mass is 212 g/mol. The van der Waals surface area contributed by atoms with Gasteiger partial charge in [-0.2, -0.15) is 4.98 Å². The number of hydrogen-bond donors (Lipinski definition) is 0. The smallest absolute Gasteiger partial charge is 0.225 e. The van der Waals surface area contributed by atoms with Crippen molar-refractivity contribution in [3.63, 3.8) is 0 Å². The summed E-state index contributed by atoms with van der Waals surface area (Å²) in [5, 5.41) is 0.209. The number of aromatic nitrogens is 2. The molecule has 0 bridgehead atoms. The molecule has 4 heteroatoms. The van der Waals surface area contributed by atoms with E-state index in [0.717, 1.165) is 17.6 Å². The lowest BCUT2D eigenvalue weighted by Crippen LogP contribution is -2.01. The predicted octanol–water partition coefficient (Wildman–Crippen LogP) is 2.78. The molecule has 0 aromatic carbocycles. The highest BCUT2D eigenvalue weighted by molar-refractivity contribution is 6.28. The Bertz CT molecular complexity index is 339. The Balaban J connectivity index is 2.57. The molecule has 1 aromatic rings. The van der Waals surface area contributed by atoms with E-state index < -0.39 is 0 Å². The summed E-state index contributed by atoms with van der Waals surface area (Å²) in [6.45, 7) is 8.20. The largest absolute Gasteiger partial charge is 0.477 e. The van der Waals surface area contributed by atoms with Crippen LogP contribution in [0.4, 0.5) is 0 Å². The number of rotatable bonds is 4. The average molecular weight is 213 g/mol. The summed E-state index contributed by atoms with van der Waals surface area (Å²) >= 11 is 5.64. The molecule has 0 unspecified atom stereocenters. The molecule has 0 radical (unpaired) electrons. The van der Waals surface area contributed by atoms with E-state index in [1.54, 1.807) is 6.20 Å². The highest BCUT2D eigenvalue weighted by Gasteiger charge is 2.02. The first-order valence-corrected chi connectivity index (χ1v) is 4.73. The van der Waals surface area contributed by atoms with Gasteiger partial charge in [-0.1, -0.05) is 5.57 Å². The van der Waals surface area contributed by atoms with Crippen LogP contribution in [0.25, 0.3) is 0 Å². The lowest BCUT2D eigenvalue weighted by Gasteiger charge is -2.07. The molecule has 0 aliphatic heterocycles. The van der Waals surface area contributed by atoms with Crippen LogP contribution in [-0.4, -0.2) is 16.6 Å². The van der Waals surface area contributed by atoms with Crippen molar-refractivity contribution in [1.29, 1.82) is 0 Å². The molecule has 0 N–H and O–H groups in total. The lowest BCUT2D eigenvalue weighted by molar-refractivity contribution is 0.306. The molecule has 0 spiro atoms. The summed E-state index contributed by atoms with van der Waals surface area (Å²) in [6.07, 6.45) is 2.46.